The normalized spacial score (nSPS) is 19.5. The summed E-state index contributed by atoms with van der Waals surface area (Å²) in [6.07, 6.45) is 2.13. The Balaban J connectivity index is 1.40. The summed E-state index contributed by atoms with van der Waals surface area (Å²) in [4.78, 5) is 28.0. The van der Waals surface area contributed by atoms with Gasteiger partial charge in [-0.15, -0.1) is 0 Å². The minimum absolute atomic E-state index is 0.00229. The van der Waals surface area contributed by atoms with Gasteiger partial charge in [0.25, 0.3) is 11.6 Å². The second-order valence-electron chi connectivity index (χ2n) is 8.33. The number of hydrogen-bond acceptors (Lipinski definition) is 6. The van der Waals surface area contributed by atoms with Gasteiger partial charge in [-0.05, 0) is 41.7 Å². The van der Waals surface area contributed by atoms with Crippen molar-refractivity contribution in [2.45, 2.75) is 26.0 Å². The Hall–Kier alpha value is -3.23. The Kier molecular flexibility index (Phi) is 6.53. The van der Waals surface area contributed by atoms with Crippen molar-refractivity contribution < 1.29 is 14.5 Å². The van der Waals surface area contributed by atoms with Crippen LogP contribution in [0.4, 0.5) is 11.4 Å². The molecule has 4 rings (SSSR count). The van der Waals surface area contributed by atoms with Crippen LogP contribution in [-0.4, -0.2) is 59.5 Å². The van der Waals surface area contributed by atoms with Crippen molar-refractivity contribution in [1.29, 1.82) is 0 Å². The molecule has 2 heterocycles. The molecule has 8 nitrogen and oxygen atoms in total. The average molecular weight is 437 g/mol. The third-order valence-corrected chi connectivity index (χ3v) is 6.13. The fraction of sp³-hybridized carbons (Fsp3) is 0.375. The number of hydrogen-bond donors (Lipinski definition) is 1. The van der Waals surface area contributed by atoms with E-state index in [0.29, 0.717) is 38.2 Å². The fourth-order valence-electron chi connectivity index (χ4n) is 4.29. The number of benzene rings is 2. The number of anilines is 1. The zero-order valence-corrected chi connectivity index (χ0v) is 18.2. The van der Waals surface area contributed by atoms with E-state index < -0.39 is 11.0 Å². The van der Waals surface area contributed by atoms with E-state index in [0.717, 1.165) is 24.2 Å². The lowest BCUT2D eigenvalue weighted by Gasteiger charge is -2.36. The Morgan fingerprint density at radius 2 is 2.03 bits per heavy atom. The van der Waals surface area contributed by atoms with Gasteiger partial charge in [-0.1, -0.05) is 36.4 Å². The van der Waals surface area contributed by atoms with Crippen molar-refractivity contribution in [1.82, 2.24) is 9.80 Å². The maximum absolute atomic E-state index is 13.1. The van der Waals surface area contributed by atoms with Crippen molar-refractivity contribution in [3.05, 3.63) is 75.3 Å². The largest absolute Gasteiger partial charge is 0.393 e. The highest BCUT2D eigenvalue weighted by Gasteiger charge is 2.31. The molecule has 1 amide bonds. The quantitative estimate of drug-likeness (QED) is 0.439. The molecule has 0 saturated carbocycles. The van der Waals surface area contributed by atoms with Crippen LogP contribution in [0.1, 0.15) is 23.1 Å². The van der Waals surface area contributed by atoms with Crippen molar-refractivity contribution in [2.75, 3.05) is 38.5 Å². The maximum atomic E-state index is 13.1. The van der Waals surface area contributed by atoms with E-state index in [2.05, 4.69) is 17.0 Å². The first-order valence-electron chi connectivity index (χ1n) is 10.8. The van der Waals surface area contributed by atoms with E-state index >= 15 is 0 Å². The molecule has 0 bridgehead atoms. The first-order chi connectivity index (χ1) is 15.4. The van der Waals surface area contributed by atoms with Crippen molar-refractivity contribution in [2.24, 2.45) is 0 Å². The van der Waals surface area contributed by atoms with Crippen LogP contribution in [0.3, 0.4) is 0 Å². The van der Waals surface area contributed by atoms with Gasteiger partial charge < -0.3 is 15.4 Å². The first-order valence-corrected chi connectivity index (χ1v) is 10.8. The van der Waals surface area contributed by atoms with Gasteiger partial charge in [-0.2, -0.15) is 0 Å². The van der Waals surface area contributed by atoms with Gasteiger partial charge in [0.15, 0.2) is 0 Å². The number of nitro groups is 1. The number of carbonyl (C=O) groups excluding carboxylic acids is 1. The minimum atomic E-state index is -0.470. The van der Waals surface area contributed by atoms with Crippen LogP contribution in [0.25, 0.3) is 5.57 Å². The van der Waals surface area contributed by atoms with Crippen LogP contribution < -0.4 is 5.73 Å². The number of carbonyl (C=O) groups is 1. The molecule has 2 aromatic carbocycles. The lowest BCUT2D eigenvalue weighted by Crippen LogP contribution is -2.51. The Morgan fingerprint density at radius 1 is 1.25 bits per heavy atom. The number of nitrogen functional groups attached to an aromatic ring is 1. The minimum Gasteiger partial charge on any atom is -0.393 e. The number of rotatable bonds is 5. The predicted octanol–water partition coefficient (Wildman–Crippen LogP) is 3.00. The predicted molar refractivity (Wildman–Crippen MR) is 123 cm³/mol. The van der Waals surface area contributed by atoms with E-state index in [4.69, 9.17) is 10.5 Å². The summed E-state index contributed by atoms with van der Waals surface area (Å²) in [6, 6.07) is 13.6. The summed E-state index contributed by atoms with van der Waals surface area (Å²) in [5, 5.41) is 11.3. The lowest BCUT2D eigenvalue weighted by molar-refractivity contribution is -0.383. The number of aryl methyl sites for hydroxylation is 1. The Bertz CT molecular complexity index is 1040. The number of nitro benzene ring substituents is 1. The molecule has 32 heavy (non-hydrogen) atoms. The van der Waals surface area contributed by atoms with Gasteiger partial charge in [0.2, 0.25) is 0 Å². The van der Waals surface area contributed by atoms with Crippen LogP contribution in [0.2, 0.25) is 0 Å². The van der Waals surface area contributed by atoms with E-state index in [1.165, 1.54) is 11.6 Å². The molecule has 1 atom stereocenters. The Labute approximate surface area is 187 Å². The summed E-state index contributed by atoms with van der Waals surface area (Å²) in [7, 11) is 0. The molecule has 168 valence electrons. The highest BCUT2D eigenvalue weighted by Crippen LogP contribution is 2.32. The van der Waals surface area contributed by atoms with Gasteiger partial charge >= 0.3 is 0 Å². The molecule has 1 unspecified atom stereocenters. The monoisotopic (exact) mass is 436 g/mol. The zero-order chi connectivity index (χ0) is 22.7. The van der Waals surface area contributed by atoms with Crippen molar-refractivity contribution in [3.8, 4) is 0 Å². The van der Waals surface area contributed by atoms with Crippen LogP contribution in [0.5, 0.6) is 0 Å². The molecule has 0 aromatic heterocycles. The van der Waals surface area contributed by atoms with Crippen LogP contribution in [-0.2, 0) is 16.1 Å². The van der Waals surface area contributed by atoms with E-state index in [9.17, 15) is 14.9 Å². The SMILES string of the molecule is Cc1cc(C2=CCN(C(=O)C3CN(Cc4ccccc4)CCO3)CC2)cc([N+](=O)[O-])c1N. The number of nitrogens with zero attached hydrogens (tertiary/aromatic N) is 3. The number of morpholine rings is 1. The summed E-state index contributed by atoms with van der Waals surface area (Å²) >= 11 is 0. The molecule has 8 heteroatoms. The topological polar surface area (TPSA) is 102 Å². The molecule has 0 radical (unpaired) electrons. The van der Waals surface area contributed by atoms with E-state index in [-0.39, 0.29) is 17.3 Å². The molecule has 1 fully saturated rings. The number of ether oxygens (including phenoxy) is 1. The van der Waals surface area contributed by atoms with E-state index in [1.54, 1.807) is 11.8 Å². The van der Waals surface area contributed by atoms with Crippen LogP contribution in [0.15, 0.2) is 48.5 Å². The zero-order valence-electron chi connectivity index (χ0n) is 18.2. The van der Waals surface area contributed by atoms with Gasteiger partial charge in [0.05, 0.1) is 11.5 Å². The average Bonchev–Trinajstić information content (AvgIpc) is 2.81. The molecule has 2 aliphatic heterocycles. The fourth-order valence-corrected chi connectivity index (χ4v) is 4.29. The van der Waals surface area contributed by atoms with Gasteiger partial charge in [-0.3, -0.25) is 19.8 Å². The van der Waals surface area contributed by atoms with Gasteiger partial charge in [-0.25, -0.2) is 0 Å². The van der Waals surface area contributed by atoms with Crippen molar-refractivity contribution >= 4 is 22.9 Å². The highest BCUT2D eigenvalue weighted by molar-refractivity contribution is 5.83. The molecule has 0 aliphatic carbocycles. The molecule has 2 N–H and O–H groups in total. The van der Waals surface area contributed by atoms with Crippen molar-refractivity contribution in [3.63, 3.8) is 0 Å². The second-order valence-corrected chi connectivity index (χ2v) is 8.33. The number of nitrogens with two attached hydrogens (primary N) is 1. The Morgan fingerprint density at radius 3 is 2.72 bits per heavy atom. The third-order valence-electron chi connectivity index (χ3n) is 6.13. The molecule has 2 aliphatic rings. The standard InChI is InChI=1S/C24H28N4O4/c1-17-13-20(14-21(23(17)25)28(30)31)19-7-9-27(10-8-19)24(29)22-16-26(11-12-32-22)15-18-5-3-2-4-6-18/h2-7,13-14,22H,8-12,15-16,25H2,1H3. The molecule has 0 spiro atoms. The third kappa shape index (κ3) is 4.81. The first kappa shape index (κ1) is 22.0. The summed E-state index contributed by atoms with van der Waals surface area (Å²) in [6.45, 7) is 5.50. The summed E-state index contributed by atoms with van der Waals surface area (Å²) < 4.78 is 5.80. The summed E-state index contributed by atoms with van der Waals surface area (Å²) in [5.74, 6) is -0.00229. The maximum Gasteiger partial charge on any atom is 0.292 e. The lowest BCUT2D eigenvalue weighted by atomic mass is 9.96. The second kappa shape index (κ2) is 9.50. The van der Waals surface area contributed by atoms with Crippen LogP contribution >= 0.6 is 0 Å². The van der Waals surface area contributed by atoms with Gasteiger partial charge in [0.1, 0.15) is 11.8 Å². The summed E-state index contributed by atoms with van der Waals surface area (Å²) in [5.41, 5.74) is 9.67. The van der Waals surface area contributed by atoms with Crippen LogP contribution in [0, 0.1) is 17.0 Å². The van der Waals surface area contributed by atoms with E-state index in [1.807, 2.05) is 30.3 Å². The molecule has 2 aromatic rings. The molecule has 1 saturated heterocycles. The number of amides is 1. The highest BCUT2D eigenvalue weighted by atomic mass is 16.6. The smallest absolute Gasteiger partial charge is 0.292 e. The van der Waals surface area contributed by atoms with Gasteiger partial charge in [0, 0.05) is 38.8 Å². The molecular weight excluding hydrogens is 408 g/mol. The molecular formula is C24H28N4O4.